The maximum absolute atomic E-state index is 13.8. The Morgan fingerprint density at radius 2 is 0.914 bits per heavy atom. The standard InChI is InChI=1S/C13H7F17O4S/c1-3-34-5(31)4(2)35(32,33)13(29,30)11(24,25)9(20,21)7(16,17)6(14,15)8(18,19)10(22,23)12(26,27)28/h2-3H2,1H3. The highest BCUT2D eigenvalue weighted by atomic mass is 32.2. The average molecular weight is 582 g/mol. The van der Waals surface area contributed by atoms with Gasteiger partial charge in [-0.05, 0) is 6.92 Å². The summed E-state index contributed by atoms with van der Waals surface area (Å²) in [6, 6.07) is 0. The van der Waals surface area contributed by atoms with Crippen LogP contribution in [0.25, 0.3) is 0 Å². The molecule has 0 amide bonds. The van der Waals surface area contributed by atoms with E-state index in [1.165, 1.54) is 0 Å². The number of esters is 1. The average Bonchev–Trinajstić information content (AvgIpc) is 2.65. The summed E-state index contributed by atoms with van der Waals surface area (Å²) in [6.07, 6.45) is -7.92. The molecule has 0 rings (SSSR count). The van der Waals surface area contributed by atoms with E-state index in [2.05, 4.69) is 4.74 Å². The number of rotatable bonds is 10. The van der Waals surface area contributed by atoms with Crippen molar-refractivity contribution in [3.63, 3.8) is 0 Å². The van der Waals surface area contributed by atoms with Gasteiger partial charge in [0.05, 0.1) is 6.61 Å². The normalized spacial score (nSPS) is 15.7. The molecule has 0 aromatic rings. The summed E-state index contributed by atoms with van der Waals surface area (Å²) in [6.45, 7) is 1.77. The molecular formula is C13H7F17O4S. The molecule has 0 aliphatic heterocycles. The summed E-state index contributed by atoms with van der Waals surface area (Å²) in [5.74, 6) is -54.9. The van der Waals surface area contributed by atoms with Crippen molar-refractivity contribution in [2.75, 3.05) is 6.61 Å². The van der Waals surface area contributed by atoms with E-state index in [4.69, 9.17) is 0 Å². The number of hydrogen-bond donors (Lipinski definition) is 0. The Hall–Kier alpha value is -2.03. The van der Waals surface area contributed by atoms with Crippen LogP contribution in [0.3, 0.4) is 0 Å². The molecule has 0 aliphatic rings. The van der Waals surface area contributed by atoms with Gasteiger partial charge in [0.2, 0.25) is 0 Å². The van der Waals surface area contributed by atoms with Crippen LogP contribution in [0.4, 0.5) is 74.6 Å². The summed E-state index contributed by atoms with van der Waals surface area (Å²) in [7, 11) is -7.72. The second-order valence-electron chi connectivity index (χ2n) is 6.11. The van der Waals surface area contributed by atoms with Crippen molar-refractivity contribution in [3.8, 4) is 0 Å². The highest BCUT2D eigenvalue weighted by Crippen LogP contribution is 2.64. The zero-order valence-electron chi connectivity index (χ0n) is 15.9. The zero-order valence-corrected chi connectivity index (χ0v) is 16.7. The molecule has 0 N–H and O–H groups in total. The molecule has 0 atom stereocenters. The topological polar surface area (TPSA) is 60.4 Å². The van der Waals surface area contributed by atoms with E-state index in [0.29, 0.717) is 0 Å². The Kier molecular flexibility index (Phi) is 8.03. The van der Waals surface area contributed by atoms with Crippen LogP contribution in [-0.4, -0.2) is 68.0 Å². The summed E-state index contributed by atoms with van der Waals surface area (Å²) in [5.41, 5.74) is 0. The van der Waals surface area contributed by atoms with Crippen molar-refractivity contribution in [1.29, 1.82) is 0 Å². The van der Waals surface area contributed by atoms with Gasteiger partial charge in [-0.15, -0.1) is 0 Å². The van der Waals surface area contributed by atoms with Gasteiger partial charge < -0.3 is 4.74 Å². The number of carbonyl (C=O) groups excluding carboxylic acids is 1. The van der Waals surface area contributed by atoms with Crippen LogP contribution in [-0.2, 0) is 19.4 Å². The molecule has 0 saturated carbocycles. The third kappa shape index (κ3) is 4.17. The van der Waals surface area contributed by atoms with Crippen LogP contribution in [0.5, 0.6) is 0 Å². The van der Waals surface area contributed by atoms with E-state index >= 15 is 0 Å². The molecule has 0 unspecified atom stereocenters. The summed E-state index contributed by atoms with van der Waals surface area (Å²) >= 11 is 0. The fraction of sp³-hybridized carbons (Fsp3) is 0.769. The molecule has 0 fully saturated rings. The van der Waals surface area contributed by atoms with Crippen molar-refractivity contribution in [3.05, 3.63) is 11.5 Å². The van der Waals surface area contributed by atoms with E-state index in [1.54, 1.807) is 0 Å². The van der Waals surface area contributed by atoms with Crippen molar-refractivity contribution in [2.24, 2.45) is 0 Å². The van der Waals surface area contributed by atoms with Gasteiger partial charge in [-0.25, -0.2) is 13.2 Å². The first-order valence-corrected chi connectivity index (χ1v) is 9.20. The SMILES string of the molecule is C=C(C(=O)OCC)S(=O)(=O)C(F)(F)C(F)(F)C(F)(F)C(F)(F)C(F)(F)C(F)(F)C(F)(F)C(F)(F)F. The van der Waals surface area contributed by atoms with Gasteiger partial charge in [-0.1, -0.05) is 6.58 Å². The predicted octanol–water partition coefficient (Wildman–Crippen LogP) is 5.44. The van der Waals surface area contributed by atoms with Crippen LogP contribution < -0.4 is 0 Å². The maximum Gasteiger partial charge on any atom is 0.460 e. The number of halogens is 17. The first-order valence-electron chi connectivity index (χ1n) is 7.71. The zero-order chi connectivity index (χ0) is 29.1. The third-order valence-corrected chi connectivity index (χ3v) is 5.61. The fourth-order valence-electron chi connectivity index (χ4n) is 1.79. The Morgan fingerprint density at radius 1 is 0.629 bits per heavy atom. The number of ether oxygens (including phenoxy) is 1. The largest absolute Gasteiger partial charge is 0.462 e. The van der Waals surface area contributed by atoms with Gasteiger partial charge in [0.25, 0.3) is 9.84 Å². The predicted molar refractivity (Wildman–Crippen MR) is 75.4 cm³/mol. The molecule has 0 aromatic carbocycles. The van der Waals surface area contributed by atoms with E-state index in [1.807, 2.05) is 6.58 Å². The molecule has 0 heterocycles. The third-order valence-electron chi connectivity index (χ3n) is 3.86. The van der Waals surface area contributed by atoms with Gasteiger partial charge in [-0.3, -0.25) is 0 Å². The van der Waals surface area contributed by atoms with Crippen LogP contribution in [0.1, 0.15) is 6.92 Å². The minimum Gasteiger partial charge on any atom is -0.462 e. The minimum absolute atomic E-state index is 0.804. The van der Waals surface area contributed by atoms with Crippen LogP contribution >= 0.6 is 0 Å². The Labute approximate surface area is 181 Å². The minimum atomic E-state index is -8.95. The van der Waals surface area contributed by atoms with Crippen molar-refractivity contribution in [2.45, 2.75) is 53.9 Å². The molecule has 35 heavy (non-hydrogen) atoms. The van der Waals surface area contributed by atoms with Crippen LogP contribution in [0.15, 0.2) is 11.5 Å². The highest BCUT2D eigenvalue weighted by Gasteiger charge is 2.96. The second kappa shape index (κ2) is 8.53. The molecule has 0 bridgehead atoms. The number of alkyl halides is 17. The summed E-state index contributed by atoms with van der Waals surface area (Å²) in [4.78, 5) is 8.20. The van der Waals surface area contributed by atoms with Gasteiger partial charge in [0, 0.05) is 0 Å². The van der Waals surface area contributed by atoms with Crippen molar-refractivity contribution < 1.29 is 92.6 Å². The molecular weight excluding hydrogens is 575 g/mol. The lowest BCUT2D eigenvalue weighted by molar-refractivity contribution is -0.458. The van der Waals surface area contributed by atoms with Crippen molar-refractivity contribution >= 4 is 15.8 Å². The quantitative estimate of drug-likeness (QED) is 0.196. The van der Waals surface area contributed by atoms with E-state index < -0.39 is 74.3 Å². The lowest BCUT2D eigenvalue weighted by Crippen LogP contribution is -2.75. The van der Waals surface area contributed by atoms with Gasteiger partial charge in [0.15, 0.2) is 4.91 Å². The van der Waals surface area contributed by atoms with Crippen molar-refractivity contribution in [1.82, 2.24) is 0 Å². The first-order chi connectivity index (χ1) is 14.9. The Bertz CT molecular complexity index is 948. The molecule has 4 nitrogen and oxygen atoms in total. The van der Waals surface area contributed by atoms with E-state index in [-0.39, 0.29) is 0 Å². The number of hydrogen-bond acceptors (Lipinski definition) is 4. The van der Waals surface area contributed by atoms with Crippen LogP contribution in [0.2, 0.25) is 0 Å². The molecule has 0 radical (unpaired) electrons. The monoisotopic (exact) mass is 582 g/mol. The van der Waals surface area contributed by atoms with E-state index in [9.17, 15) is 87.8 Å². The molecule has 0 spiro atoms. The fourth-order valence-corrected chi connectivity index (χ4v) is 2.85. The maximum atomic E-state index is 13.8. The smallest absolute Gasteiger partial charge is 0.460 e. The summed E-state index contributed by atoms with van der Waals surface area (Å²) in [5, 5.41) is -7.84. The van der Waals surface area contributed by atoms with Crippen LogP contribution in [0, 0.1) is 0 Å². The van der Waals surface area contributed by atoms with Gasteiger partial charge >= 0.3 is 52.9 Å². The number of sulfone groups is 1. The highest BCUT2D eigenvalue weighted by molar-refractivity contribution is 7.97. The van der Waals surface area contributed by atoms with Gasteiger partial charge in [0.1, 0.15) is 0 Å². The Morgan fingerprint density at radius 3 is 1.20 bits per heavy atom. The molecule has 0 saturated heterocycles. The Balaban J connectivity index is 7.03. The lowest BCUT2D eigenvalue weighted by Gasteiger charge is -2.42. The first kappa shape index (κ1) is 33.0. The molecule has 0 aromatic heterocycles. The molecule has 22 heteroatoms. The lowest BCUT2D eigenvalue weighted by atomic mass is 9.91. The van der Waals surface area contributed by atoms with E-state index in [0.717, 1.165) is 6.92 Å². The molecule has 0 aliphatic carbocycles. The van der Waals surface area contributed by atoms with Gasteiger partial charge in [-0.2, -0.15) is 74.6 Å². The summed E-state index contributed by atoms with van der Waals surface area (Å²) < 4.78 is 250. The second-order valence-corrected chi connectivity index (χ2v) is 8.12. The number of carbonyl (C=O) groups is 1. The molecule has 208 valence electrons.